The summed E-state index contributed by atoms with van der Waals surface area (Å²) in [5, 5.41) is 9.12. The van der Waals surface area contributed by atoms with Crippen LogP contribution in [0.4, 0.5) is 5.69 Å². The van der Waals surface area contributed by atoms with Gasteiger partial charge in [0.05, 0.1) is 25.8 Å². The maximum Gasteiger partial charge on any atom is 0.323 e. The fraction of sp³-hybridized carbons (Fsp3) is 0.526. The minimum Gasteiger partial charge on any atom is -0.497 e. The van der Waals surface area contributed by atoms with Crippen molar-refractivity contribution in [3.05, 3.63) is 18.2 Å². The summed E-state index contributed by atoms with van der Waals surface area (Å²) in [5.74, 6) is -1.09. The van der Waals surface area contributed by atoms with E-state index in [0.29, 0.717) is 23.6 Å². The molecule has 0 radical (unpaired) electrons. The lowest BCUT2D eigenvalue weighted by molar-refractivity contribution is -0.148. The predicted octanol–water partition coefficient (Wildman–Crippen LogP) is 1.77. The van der Waals surface area contributed by atoms with Gasteiger partial charge in [0, 0.05) is 25.1 Å². The number of anilines is 1. The summed E-state index contributed by atoms with van der Waals surface area (Å²) in [6.45, 7) is 3.51. The third-order valence-electron chi connectivity index (χ3n) is 4.86. The quantitative estimate of drug-likeness (QED) is 0.741. The SMILES string of the molecule is CCC(C)N(CC(=O)O)C(=O)C1CC(=O)N(c2ccc(OC)cc2OC)C1. The Hall–Kier alpha value is -2.77. The molecule has 1 N–H and O–H groups in total. The Kier molecular flexibility index (Phi) is 6.65. The van der Waals surface area contributed by atoms with Crippen molar-refractivity contribution in [3.8, 4) is 11.5 Å². The molecule has 1 aliphatic heterocycles. The van der Waals surface area contributed by atoms with E-state index in [0.717, 1.165) is 0 Å². The highest BCUT2D eigenvalue weighted by Gasteiger charge is 2.39. The fourth-order valence-electron chi connectivity index (χ4n) is 3.17. The molecule has 2 amide bonds. The van der Waals surface area contributed by atoms with E-state index in [9.17, 15) is 14.4 Å². The molecule has 0 saturated carbocycles. The Morgan fingerprint density at radius 1 is 1.33 bits per heavy atom. The van der Waals surface area contributed by atoms with Crippen LogP contribution in [-0.4, -0.2) is 61.1 Å². The number of ether oxygens (including phenoxy) is 2. The highest BCUT2D eigenvalue weighted by atomic mass is 16.5. The summed E-state index contributed by atoms with van der Waals surface area (Å²) in [6.07, 6.45) is 0.677. The van der Waals surface area contributed by atoms with E-state index in [-0.39, 0.29) is 37.4 Å². The minimum absolute atomic E-state index is 0.0422. The first-order valence-electron chi connectivity index (χ1n) is 8.87. The van der Waals surface area contributed by atoms with Crippen molar-refractivity contribution < 1.29 is 29.0 Å². The topological polar surface area (TPSA) is 96.4 Å². The lowest BCUT2D eigenvalue weighted by Gasteiger charge is -2.29. The number of carboxylic acid groups (broad SMARTS) is 1. The molecule has 8 heteroatoms. The van der Waals surface area contributed by atoms with Gasteiger partial charge in [-0.15, -0.1) is 0 Å². The second-order valence-corrected chi connectivity index (χ2v) is 6.56. The molecule has 1 aliphatic rings. The van der Waals surface area contributed by atoms with Crippen LogP contribution in [-0.2, 0) is 14.4 Å². The van der Waals surface area contributed by atoms with E-state index >= 15 is 0 Å². The van der Waals surface area contributed by atoms with Crippen LogP contribution in [0.3, 0.4) is 0 Å². The number of aliphatic carboxylic acids is 1. The largest absolute Gasteiger partial charge is 0.497 e. The van der Waals surface area contributed by atoms with Crippen molar-refractivity contribution in [2.45, 2.75) is 32.7 Å². The smallest absolute Gasteiger partial charge is 0.323 e. The summed E-state index contributed by atoms with van der Waals surface area (Å²) in [4.78, 5) is 39.4. The molecule has 1 aromatic rings. The number of methoxy groups -OCH3 is 2. The van der Waals surface area contributed by atoms with E-state index < -0.39 is 11.9 Å². The van der Waals surface area contributed by atoms with Gasteiger partial charge in [0.15, 0.2) is 0 Å². The fourth-order valence-corrected chi connectivity index (χ4v) is 3.17. The molecule has 2 unspecified atom stereocenters. The highest BCUT2D eigenvalue weighted by Crippen LogP contribution is 2.36. The summed E-state index contributed by atoms with van der Waals surface area (Å²) in [5.41, 5.74) is 0.562. The van der Waals surface area contributed by atoms with Crippen LogP contribution in [0.2, 0.25) is 0 Å². The number of hydrogen-bond acceptors (Lipinski definition) is 5. The molecule has 0 aliphatic carbocycles. The average molecular weight is 378 g/mol. The zero-order valence-electron chi connectivity index (χ0n) is 16.1. The molecule has 1 fully saturated rings. The number of carbonyl (C=O) groups is 3. The summed E-state index contributed by atoms with van der Waals surface area (Å²) in [7, 11) is 3.04. The van der Waals surface area contributed by atoms with E-state index in [1.807, 2.05) is 13.8 Å². The van der Waals surface area contributed by atoms with Gasteiger partial charge in [0.1, 0.15) is 18.0 Å². The van der Waals surface area contributed by atoms with E-state index in [1.165, 1.54) is 24.0 Å². The molecule has 0 spiro atoms. The second-order valence-electron chi connectivity index (χ2n) is 6.56. The number of carboxylic acids is 1. The van der Waals surface area contributed by atoms with Crippen molar-refractivity contribution in [3.63, 3.8) is 0 Å². The molecular formula is C19H26N2O6. The zero-order valence-corrected chi connectivity index (χ0v) is 16.1. The molecule has 0 aromatic heterocycles. The van der Waals surface area contributed by atoms with Gasteiger partial charge < -0.3 is 24.4 Å². The van der Waals surface area contributed by atoms with Crippen LogP contribution in [0.5, 0.6) is 11.5 Å². The number of rotatable bonds is 8. The monoisotopic (exact) mass is 378 g/mol. The van der Waals surface area contributed by atoms with Crippen LogP contribution in [0.1, 0.15) is 26.7 Å². The molecule has 27 heavy (non-hydrogen) atoms. The van der Waals surface area contributed by atoms with Crippen molar-refractivity contribution in [1.82, 2.24) is 4.90 Å². The lowest BCUT2D eigenvalue weighted by atomic mass is 10.1. The number of amides is 2. The molecule has 8 nitrogen and oxygen atoms in total. The van der Waals surface area contributed by atoms with Gasteiger partial charge >= 0.3 is 5.97 Å². The van der Waals surface area contributed by atoms with Crippen LogP contribution in [0.25, 0.3) is 0 Å². The molecule has 1 saturated heterocycles. The molecule has 2 atom stereocenters. The standard InChI is InChI=1S/C19H26N2O6/c1-5-12(2)20(11-18(23)24)19(25)13-8-17(22)21(10-13)15-7-6-14(26-3)9-16(15)27-4/h6-7,9,12-13H,5,8,10-11H2,1-4H3,(H,23,24). The van der Waals surface area contributed by atoms with Gasteiger partial charge in [0.2, 0.25) is 11.8 Å². The Bertz CT molecular complexity index is 720. The van der Waals surface area contributed by atoms with Crippen molar-refractivity contribution in [2.75, 3.05) is 32.2 Å². The maximum atomic E-state index is 12.9. The molecular weight excluding hydrogens is 352 g/mol. The lowest BCUT2D eigenvalue weighted by Crippen LogP contribution is -2.45. The van der Waals surface area contributed by atoms with Gasteiger partial charge in [-0.2, -0.15) is 0 Å². The number of carbonyl (C=O) groups excluding carboxylic acids is 2. The molecule has 2 rings (SSSR count). The number of benzene rings is 1. The molecule has 148 valence electrons. The van der Waals surface area contributed by atoms with Gasteiger partial charge in [-0.25, -0.2) is 0 Å². The van der Waals surface area contributed by atoms with E-state index in [1.54, 1.807) is 18.2 Å². The van der Waals surface area contributed by atoms with Crippen LogP contribution in [0.15, 0.2) is 18.2 Å². The van der Waals surface area contributed by atoms with Crippen molar-refractivity contribution in [1.29, 1.82) is 0 Å². The minimum atomic E-state index is -1.07. The Balaban J connectivity index is 2.23. The number of nitrogens with zero attached hydrogens (tertiary/aromatic N) is 2. The maximum absolute atomic E-state index is 12.9. The van der Waals surface area contributed by atoms with Crippen LogP contribution < -0.4 is 14.4 Å². The molecule has 1 heterocycles. The Labute approximate surface area is 158 Å². The summed E-state index contributed by atoms with van der Waals surface area (Å²) >= 11 is 0. The summed E-state index contributed by atoms with van der Waals surface area (Å²) < 4.78 is 10.5. The van der Waals surface area contributed by atoms with Gasteiger partial charge in [0.25, 0.3) is 0 Å². The predicted molar refractivity (Wildman–Crippen MR) is 99.1 cm³/mol. The third-order valence-corrected chi connectivity index (χ3v) is 4.86. The molecule has 0 bridgehead atoms. The number of hydrogen-bond donors (Lipinski definition) is 1. The van der Waals surface area contributed by atoms with Gasteiger partial charge in [-0.05, 0) is 25.5 Å². The molecule has 1 aromatic carbocycles. The van der Waals surface area contributed by atoms with E-state index in [4.69, 9.17) is 14.6 Å². The van der Waals surface area contributed by atoms with Gasteiger partial charge in [-0.3, -0.25) is 14.4 Å². The Morgan fingerprint density at radius 2 is 2.04 bits per heavy atom. The average Bonchev–Trinajstić information content (AvgIpc) is 3.05. The van der Waals surface area contributed by atoms with Crippen molar-refractivity contribution >= 4 is 23.5 Å². The van der Waals surface area contributed by atoms with Gasteiger partial charge in [-0.1, -0.05) is 6.92 Å². The third kappa shape index (κ3) is 4.50. The normalized spacial score (nSPS) is 17.6. The summed E-state index contributed by atoms with van der Waals surface area (Å²) in [6, 6.07) is 4.89. The first kappa shape index (κ1) is 20.5. The van der Waals surface area contributed by atoms with Crippen molar-refractivity contribution in [2.24, 2.45) is 5.92 Å². The zero-order chi connectivity index (χ0) is 20.1. The Morgan fingerprint density at radius 3 is 2.59 bits per heavy atom. The first-order chi connectivity index (χ1) is 12.8. The van der Waals surface area contributed by atoms with Crippen LogP contribution in [0, 0.1) is 5.92 Å². The van der Waals surface area contributed by atoms with E-state index in [2.05, 4.69) is 0 Å². The highest BCUT2D eigenvalue weighted by molar-refractivity contribution is 6.01. The second kappa shape index (κ2) is 8.75. The first-order valence-corrected chi connectivity index (χ1v) is 8.87. The van der Waals surface area contributed by atoms with Crippen LogP contribution >= 0.6 is 0 Å².